The lowest BCUT2D eigenvalue weighted by atomic mass is 10.1. The monoisotopic (exact) mass is 411 g/mol. The summed E-state index contributed by atoms with van der Waals surface area (Å²) in [4.78, 5) is 17.3. The van der Waals surface area contributed by atoms with E-state index < -0.39 is 0 Å². The average Bonchev–Trinajstić information content (AvgIpc) is 2.76. The van der Waals surface area contributed by atoms with Gasteiger partial charge in [0.05, 0.1) is 26.8 Å². The maximum absolute atomic E-state index is 12.6. The minimum Gasteiger partial charge on any atom is -0.497 e. The number of methoxy groups -OCH3 is 2. The van der Waals surface area contributed by atoms with Gasteiger partial charge >= 0.3 is 0 Å². The predicted octanol–water partition coefficient (Wildman–Crippen LogP) is 3.01. The molecule has 1 N–H and O–H groups in total. The van der Waals surface area contributed by atoms with E-state index in [2.05, 4.69) is 46.3 Å². The Kier molecular flexibility index (Phi) is 7.71. The first-order valence-corrected chi connectivity index (χ1v) is 10.5. The van der Waals surface area contributed by atoms with Crippen LogP contribution in [0.5, 0.6) is 11.5 Å². The molecule has 6 heteroatoms. The molecule has 162 valence electrons. The number of ether oxygens (including phenoxy) is 2. The Morgan fingerprint density at radius 1 is 1.03 bits per heavy atom. The first-order valence-electron chi connectivity index (χ1n) is 10.5. The summed E-state index contributed by atoms with van der Waals surface area (Å²) in [6.45, 7) is 9.26. The Labute approximate surface area is 179 Å². The maximum Gasteiger partial charge on any atom is 0.234 e. The van der Waals surface area contributed by atoms with E-state index >= 15 is 0 Å². The number of rotatable bonds is 8. The quantitative estimate of drug-likeness (QED) is 0.724. The Morgan fingerprint density at radius 3 is 2.40 bits per heavy atom. The fourth-order valence-corrected chi connectivity index (χ4v) is 3.88. The first-order chi connectivity index (χ1) is 14.5. The molecule has 2 aromatic rings. The van der Waals surface area contributed by atoms with Gasteiger partial charge in [0.15, 0.2) is 0 Å². The van der Waals surface area contributed by atoms with Gasteiger partial charge in [-0.2, -0.15) is 0 Å². The molecule has 1 heterocycles. The van der Waals surface area contributed by atoms with Gasteiger partial charge in [0.2, 0.25) is 5.91 Å². The molecule has 6 nitrogen and oxygen atoms in total. The topological polar surface area (TPSA) is 54.0 Å². The highest BCUT2D eigenvalue weighted by molar-refractivity contribution is 5.78. The third-order valence-corrected chi connectivity index (χ3v) is 5.77. The Morgan fingerprint density at radius 2 is 1.73 bits per heavy atom. The van der Waals surface area contributed by atoms with E-state index in [1.165, 1.54) is 11.1 Å². The van der Waals surface area contributed by atoms with Crippen LogP contribution < -0.4 is 14.8 Å². The van der Waals surface area contributed by atoms with Gasteiger partial charge < -0.3 is 14.8 Å². The molecule has 0 saturated carbocycles. The van der Waals surface area contributed by atoms with Crippen molar-refractivity contribution in [1.29, 1.82) is 0 Å². The van der Waals surface area contributed by atoms with Crippen LogP contribution in [-0.4, -0.2) is 62.7 Å². The average molecular weight is 412 g/mol. The van der Waals surface area contributed by atoms with Gasteiger partial charge in [-0.05, 0) is 43.2 Å². The molecule has 0 radical (unpaired) electrons. The maximum atomic E-state index is 12.6. The summed E-state index contributed by atoms with van der Waals surface area (Å²) in [7, 11) is 3.27. The number of nitrogens with one attached hydrogen (secondary N) is 1. The Bertz CT molecular complexity index is 847. The largest absolute Gasteiger partial charge is 0.497 e. The number of nitrogens with zero attached hydrogens (tertiary/aromatic N) is 2. The number of piperazine rings is 1. The van der Waals surface area contributed by atoms with Crippen molar-refractivity contribution < 1.29 is 14.3 Å². The molecule has 0 bridgehead atoms. The van der Waals surface area contributed by atoms with Crippen molar-refractivity contribution in [3.8, 4) is 11.5 Å². The number of benzene rings is 2. The second-order valence-corrected chi connectivity index (χ2v) is 7.88. The highest BCUT2D eigenvalue weighted by Gasteiger charge is 2.21. The van der Waals surface area contributed by atoms with E-state index in [0.29, 0.717) is 6.54 Å². The lowest BCUT2D eigenvalue weighted by molar-refractivity contribution is -0.123. The molecule has 1 fully saturated rings. The van der Waals surface area contributed by atoms with E-state index in [0.717, 1.165) is 49.8 Å². The van der Waals surface area contributed by atoms with Crippen LogP contribution in [0.15, 0.2) is 42.5 Å². The normalized spacial score (nSPS) is 16.1. The zero-order valence-corrected chi connectivity index (χ0v) is 18.5. The number of hydrogen-bond donors (Lipinski definition) is 1. The van der Waals surface area contributed by atoms with E-state index in [1.807, 2.05) is 25.1 Å². The van der Waals surface area contributed by atoms with E-state index in [1.54, 1.807) is 14.2 Å². The minimum atomic E-state index is -0.162. The van der Waals surface area contributed by atoms with Gasteiger partial charge in [-0.15, -0.1) is 0 Å². The molecule has 1 aliphatic rings. The second-order valence-electron chi connectivity index (χ2n) is 7.88. The summed E-state index contributed by atoms with van der Waals surface area (Å²) >= 11 is 0. The molecule has 0 unspecified atom stereocenters. The molecule has 1 saturated heterocycles. The highest BCUT2D eigenvalue weighted by Crippen LogP contribution is 2.29. The van der Waals surface area contributed by atoms with Crippen LogP contribution in [0.4, 0.5) is 0 Å². The molecule has 3 rings (SSSR count). The Balaban J connectivity index is 1.49. The summed E-state index contributed by atoms with van der Waals surface area (Å²) in [5, 5.41) is 3.10. The molecule has 30 heavy (non-hydrogen) atoms. The summed E-state index contributed by atoms with van der Waals surface area (Å²) in [5.74, 6) is 1.52. The van der Waals surface area contributed by atoms with Crippen molar-refractivity contribution >= 4 is 5.91 Å². The fraction of sp³-hybridized carbons (Fsp3) is 0.458. The van der Waals surface area contributed by atoms with E-state index in [4.69, 9.17) is 9.47 Å². The van der Waals surface area contributed by atoms with Crippen LogP contribution >= 0.6 is 0 Å². The second kappa shape index (κ2) is 10.5. The van der Waals surface area contributed by atoms with Crippen molar-refractivity contribution in [2.75, 3.05) is 46.9 Å². The minimum absolute atomic E-state index is 0.0275. The molecular formula is C24H33N3O3. The third kappa shape index (κ3) is 5.74. The molecule has 0 aromatic heterocycles. The number of hydrogen-bond acceptors (Lipinski definition) is 5. The van der Waals surface area contributed by atoms with Crippen molar-refractivity contribution in [3.05, 3.63) is 59.2 Å². The summed E-state index contributed by atoms with van der Waals surface area (Å²) < 4.78 is 10.8. The lowest BCUT2D eigenvalue weighted by Crippen LogP contribution is -2.49. The first kappa shape index (κ1) is 22.1. The molecule has 2 aromatic carbocycles. The van der Waals surface area contributed by atoms with Crippen LogP contribution in [0.3, 0.4) is 0 Å². The number of carbonyl (C=O) groups excluding carboxylic acids is 1. The van der Waals surface area contributed by atoms with E-state index in [-0.39, 0.29) is 11.9 Å². The van der Waals surface area contributed by atoms with Crippen LogP contribution in [0, 0.1) is 6.92 Å². The molecule has 1 aliphatic heterocycles. The van der Waals surface area contributed by atoms with Crippen molar-refractivity contribution in [3.63, 3.8) is 0 Å². The van der Waals surface area contributed by atoms with Crippen LogP contribution in [0.2, 0.25) is 0 Å². The van der Waals surface area contributed by atoms with Crippen LogP contribution in [-0.2, 0) is 11.3 Å². The van der Waals surface area contributed by atoms with Gasteiger partial charge in [0.1, 0.15) is 11.5 Å². The summed E-state index contributed by atoms with van der Waals surface area (Å²) in [6, 6.07) is 14.0. The van der Waals surface area contributed by atoms with Gasteiger partial charge in [-0.1, -0.05) is 24.3 Å². The summed E-state index contributed by atoms with van der Waals surface area (Å²) in [6.07, 6.45) is 0. The number of amides is 1. The van der Waals surface area contributed by atoms with Crippen molar-refractivity contribution in [1.82, 2.24) is 15.1 Å². The van der Waals surface area contributed by atoms with Gasteiger partial charge in [0.25, 0.3) is 0 Å². The standard InChI is InChI=1S/C24H33N3O3/c1-18-7-5-6-8-20(18)16-26-11-13-27(14-12-26)17-24(28)25-19(2)22-15-21(29-3)9-10-23(22)30-4/h5-10,15,19H,11-14,16-17H2,1-4H3,(H,25,28)/t19-/m0/s1. The summed E-state index contributed by atoms with van der Waals surface area (Å²) in [5.41, 5.74) is 3.62. The molecule has 0 spiro atoms. The van der Waals surface area contributed by atoms with Gasteiger partial charge in [-0.3, -0.25) is 14.6 Å². The SMILES string of the molecule is COc1ccc(OC)c([C@H](C)NC(=O)CN2CCN(Cc3ccccc3C)CC2)c1. The van der Waals surface area contributed by atoms with Crippen molar-refractivity contribution in [2.45, 2.75) is 26.4 Å². The third-order valence-electron chi connectivity index (χ3n) is 5.77. The van der Waals surface area contributed by atoms with Gasteiger partial charge in [-0.25, -0.2) is 0 Å². The number of aryl methyl sites for hydroxylation is 1. The Hall–Kier alpha value is -2.57. The van der Waals surface area contributed by atoms with E-state index in [9.17, 15) is 4.79 Å². The fourth-order valence-electron chi connectivity index (χ4n) is 3.88. The van der Waals surface area contributed by atoms with Gasteiger partial charge in [0, 0.05) is 38.3 Å². The highest BCUT2D eigenvalue weighted by atomic mass is 16.5. The predicted molar refractivity (Wildman–Crippen MR) is 119 cm³/mol. The van der Waals surface area contributed by atoms with Crippen LogP contribution in [0.25, 0.3) is 0 Å². The molecule has 0 aliphatic carbocycles. The van der Waals surface area contributed by atoms with Crippen LogP contribution in [0.1, 0.15) is 29.7 Å². The molecule has 1 amide bonds. The smallest absolute Gasteiger partial charge is 0.234 e. The molecular weight excluding hydrogens is 378 g/mol. The zero-order valence-electron chi connectivity index (χ0n) is 18.5. The van der Waals surface area contributed by atoms with Crippen molar-refractivity contribution in [2.24, 2.45) is 0 Å². The molecule has 1 atom stereocenters. The number of carbonyl (C=O) groups is 1. The zero-order chi connectivity index (χ0) is 21.5. The lowest BCUT2D eigenvalue weighted by Gasteiger charge is -2.34.